The highest BCUT2D eigenvalue weighted by molar-refractivity contribution is 5.91. The molecular formula is C19H21FN4O2. The average Bonchev–Trinajstić information content (AvgIpc) is 3.37. The van der Waals surface area contributed by atoms with Crippen molar-refractivity contribution in [3.8, 4) is 0 Å². The summed E-state index contributed by atoms with van der Waals surface area (Å²) in [6.07, 6.45) is 5.09. The molecule has 0 unspecified atom stereocenters. The maximum absolute atomic E-state index is 14.1. The Morgan fingerprint density at radius 2 is 1.92 bits per heavy atom. The van der Waals surface area contributed by atoms with Crippen LogP contribution in [0.1, 0.15) is 24.8 Å². The molecule has 0 spiro atoms. The summed E-state index contributed by atoms with van der Waals surface area (Å²) in [5.74, 6) is -0.00247. The van der Waals surface area contributed by atoms with Gasteiger partial charge in [-0.15, -0.1) is 0 Å². The zero-order valence-corrected chi connectivity index (χ0v) is 14.4. The molecule has 1 saturated carbocycles. The van der Waals surface area contributed by atoms with E-state index in [4.69, 9.17) is 0 Å². The number of aliphatic hydroxyl groups is 1. The van der Waals surface area contributed by atoms with Gasteiger partial charge in [0, 0.05) is 31.0 Å². The van der Waals surface area contributed by atoms with Crippen molar-refractivity contribution in [3.05, 3.63) is 54.1 Å². The number of rotatable bonds is 5. The Hall–Kier alpha value is -2.54. The largest absolute Gasteiger partial charge is 0.386 e. The summed E-state index contributed by atoms with van der Waals surface area (Å²) >= 11 is 0. The van der Waals surface area contributed by atoms with E-state index in [0.29, 0.717) is 43.9 Å². The minimum Gasteiger partial charge on any atom is -0.386 e. The molecule has 1 aliphatic carbocycles. The number of aromatic nitrogens is 2. The predicted octanol–water partition coefficient (Wildman–Crippen LogP) is 1.40. The molecule has 2 aliphatic rings. The van der Waals surface area contributed by atoms with Crippen molar-refractivity contribution in [3.63, 3.8) is 0 Å². The van der Waals surface area contributed by atoms with Gasteiger partial charge in [0.2, 0.25) is 11.9 Å². The Morgan fingerprint density at radius 3 is 2.62 bits per heavy atom. The fourth-order valence-corrected chi connectivity index (χ4v) is 3.63. The second-order valence-corrected chi connectivity index (χ2v) is 7.19. The van der Waals surface area contributed by atoms with Crippen LogP contribution in [0.2, 0.25) is 0 Å². The quantitative estimate of drug-likeness (QED) is 0.847. The van der Waals surface area contributed by atoms with E-state index >= 15 is 0 Å². The summed E-state index contributed by atoms with van der Waals surface area (Å²) in [6.45, 7) is 1.10. The van der Waals surface area contributed by atoms with Gasteiger partial charge in [-0.2, -0.15) is 0 Å². The molecule has 1 aromatic heterocycles. The first-order valence-electron chi connectivity index (χ1n) is 8.80. The molecule has 6 nitrogen and oxygen atoms in total. The maximum atomic E-state index is 14.1. The van der Waals surface area contributed by atoms with Crippen LogP contribution in [0.25, 0.3) is 0 Å². The third-order valence-electron chi connectivity index (χ3n) is 5.32. The zero-order chi connectivity index (χ0) is 18.2. The lowest BCUT2D eigenvalue weighted by Crippen LogP contribution is -2.47. The number of nitrogens with one attached hydrogen (secondary N) is 1. The highest BCUT2D eigenvalue weighted by atomic mass is 19.1. The van der Waals surface area contributed by atoms with E-state index in [1.165, 1.54) is 6.07 Å². The summed E-state index contributed by atoms with van der Waals surface area (Å²) in [4.78, 5) is 23.0. The van der Waals surface area contributed by atoms with E-state index < -0.39 is 11.0 Å². The molecule has 0 radical (unpaired) electrons. The first kappa shape index (κ1) is 16.9. The van der Waals surface area contributed by atoms with E-state index in [2.05, 4.69) is 15.3 Å². The van der Waals surface area contributed by atoms with Gasteiger partial charge in [-0.1, -0.05) is 18.2 Å². The lowest BCUT2D eigenvalue weighted by Gasteiger charge is -2.25. The molecule has 2 fully saturated rings. The molecule has 1 saturated heterocycles. The minimum atomic E-state index is -1.04. The molecule has 26 heavy (non-hydrogen) atoms. The molecule has 0 bridgehead atoms. The van der Waals surface area contributed by atoms with Crippen LogP contribution in [0.4, 0.5) is 10.3 Å². The SMILES string of the molecule is O=C(NC[C@@]1(O)CCN(c2ncccn2)C1)C1(c2ccccc2F)CC1. The van der Waals surface area contributed by atoms with Gasteiger partial charge < -0.3 is 15.3 Å². The standard InChI is InChI=1S/C19H21FN4O2/c20-15-5-2-1-4-14(15)19(6-7-19)16(25)23-12-18(26)8-11-24(13-18)17-21-9-3-10-22-17/h1-5,9-10,26H,6-8,11-13H2,(H,23,25)/t18-/m0/s1. The molecular weight excluding hydrogens is 335 g/mol. The molecule has 1 aromatic carbocycles. The number of benzene rings is 1. The molecule has 2 aromatic rings. The van der Waals surface area contributed by atoms with Crippen LogP contribution in [-0.2, 0) is 10.2 Å². The normalized spacial score (nSPS) is 23.7. The van der Waals surface area contributed by atoms with Gasteiger partial charge in [-0.3, -0.25) is 4.79 Å². The fraction of sp³-hybridized carbons (Fsp3) is 0.421. The van der Waals surface area contributed by atoms with Crippen molar-refractivity contribution in [1.82, 2.24) is 15.3 Å². The second kappa shape index (κ2) is 6.32. The van der Waals surface area contributed by atoms with Crippen molar-refractivity contribution in [2.45, 2.75) is 30.3 Å². The molecule has 2 heterocycles. The van der Waals surface area contributed by atoms with Crippen molar-refractivity contribution in [1.29, 1.82) is 0 Å². The molecule has 136 valence electrons. The van der Waals surface area contributed by atoms with Crippen molar-refractivity contribution >= 4 is 11.9 Å². The van der Waals surface area contributed by atoms with Crippen LogP contribution in [0.3, 0.4) is 0 Å². The first-order chi connectivity index (χ1) is 12.5. The Morgan fingerprint density at radius 1 is 1.19 bits per heavy atom. The van der Waals surface area contributed by atoms with Crippen LogP contribution < -0.4 is 10.2 Å². The van der Waals surface area contributed by atoms with Gasteiger partial charge in [-0.25, -0.2) is 14.4 Å². The fourth-order valence-electron chi connectivity index (χ4n) is 3.63. The molecule has 1 amide bonds. The summed E-state index contributed by atoms with van der Waals surface area (Å²) in [7, 11) is 0. The number of halogens is 1. The van der Waals surface area contributed by atoms with Gasteiger partial charge in [0.25, 0.3) is 0 Å². The predicted molar refractivity (Wildman–Crippen MR) is 94.1 cm³/mol. The Labute approximate surface area is 151 Å². The van der Waals surface area contributed by atoms with Gasteiger partial charge in [0.05, 0.1) is 12.0 Å². The summed E-state index contributed by atoms with van der Waals surface area (Å²) < 4.78 is 14.1. The van der Waals surface area contributed by atoms with E-state index in [-0.39, 0.29) is 18.3 Å². The Kier molecular flexibility index (Phi) is 4.11. The van der Waals surface area contributed by atoms with Gasteiger partial charge in [0.1, 0.15) is 11.4 Å². The Balaban J connectivity index is 1.40. The zero-order valence-electron chi connectivity index (χ0n) is 14.4. The number of anilines is 1. The van der Waals surface area contributed by atoms with Crippen molar-refractivity contribution in [2.75, 3.05) is 24.5 Å². The summed E-state index contributed by atoms with van der Waals surface area (Å²) in [5.41, 5.74) is -1.39. The maximum Gasteiger partial charge on any atom is 0.230 e. The molecule has 2 N–H and O–H groups in total. The van der Waals surface area contributed by atoms with Crippen LogP contribution in [0.5, 0.6) is 0 Å². The number of nitrogens with zero attached hydrogens (tertiary/aromatic N) is 3. The van der Waals surface area contributed by atoms with Gasteiger partial charge >= 0.3 is 0 Å². The van der Waals surface area contributed by atoms with Crippen molar-refractivity contribution < 1.29 is 14.3 Å². The topological polar surface area (TPSA) is 78.4 Å². The number of carbonyl (C=O) groups is 1. The lowest BCUT2D eigenvalue weighted by atomic mass is 9.93. The number of carbonyl (C=O) groups excluding carboxylic acids is 1. The van der Waals surface area contributed by atoms with Crippen LogP contribution >= 0.6 is 0 Å². The summed E-state index contributed by atoms with van der Waals surface area (Å²) in [6, 6.07) is 8.15. The van der Waals surface area contributed by atoms with Gasteiger partial charge in [-0.05, 0) is 31.4 Å². The number of amides is 1. The molecule has 7 heteroatoms. The second-order valence-electron chi connectivity index (χ2n) is 7.19. The van der Waals surface area contributed by atoms with Crippen LogP contribution in [0.15, 0.2) is 42.7 Å². The Bertz CT molecular complexity index is 812. The van der Waals surface area contributed by atoms with Crippen molar-refractivity contribution in [2.24, 2.45) is 0 Å². The minimum absolute atomic E-state index is 0.130. The molecule has 1 aliphatic heterocycles. The first-order valence-corrected chi connectivity index (χ1v) is 8.80. The lowest BCUT2D eigenvalue weighted by molar-refractivity contribution is -0.124. The third kappa shape index (κ3) is 3.03. The van der Waals surface area contributed by atoms with Gasteiger partial charge in [0.15, 0.2) is 0 Å². The van der Waals surface area contributed by atoms with E-state index in [9.17, 15) is 14.3 Å². The third-order valence-corrected chi connectivity index (χ3v) is 5.32. The highest BCUT2D eigenvalue weighted by Gasteiger charge is 2.53. The molecule has 1 atom stereocenters. The van der Waals surface area contributed by atoms with E-state index in [0.717, 1.165) is 0 Å². The van der Waals surface area contributed by atoms with Crippen LogP contribution in [0, 0.1) is 5.82 Å². The number of hydrogen-bond donors (Lipinski definition) is 2. The smallest absolute Gasteiger partial charge is 0.230 e. The van der Waals surface area contributed by atoms with E-state index in [1.54, 1.807) is 36.7 Å². The summed E-state index contributed by atoms with van der Waals surface area (Å²) in [5, 5.41) is 13.6. The number of hydrogen-bond acceptors (Lipinski definition) is 5. The molecule has 4 rings (SSSR count). The highest BCUT2D eigenvalue weighted by Crippen LogP contribution is 2.49. The monoisotopic (exact) mass is 356 g/mol. The number of β-amino-alcohol motifs (C(OH)–C–C–N with tert-alkyl or cyclic N) is 1. The van der Waals surface area contributed by atoms with E-state index in [1.807, 2.05) is 4.90 Å². The van der Waals surface area contributed by atoms with Crippen LogP contribution in [-0.4, -0.2) is 46.2 Å². The average molecular weight is 356 g/mol.